The van der Waals surface area contributed by atoms with Gasteiger partial charge in [-0.3, -0.25) is 0 Å². The van der Waals surface area contributed by atoms with E-state index >= 15 is 0 Å². The molecule has 3 aliphatic rings. The van der Waals surface area contributed by atoms with E-state index < -0.39 is 0 Å². The van der Waals surface area contributed by atoms with Crippen LogP contribution in [0.1, 0.15) is 48.1 Å². The van der Waals surface area contributed by atoms with Gasteiger partial charge in [0, 0.05) is 30.6 Å². The number of piperazine rings is 1. The van der Waals surface area contributed by atoms with Crippen LogP contribution in [0.25, 0.3) is 0 Å². The van der Waals surface area contributed by atoms with Gasteiger partial charge in [-0.2, -0.15) is 15.2 Å². The summed E-state index contributed by atoms with van der Waals surface area (Å²) >= 11 is 1.60. The van der Waals surface area contributed by atoms with Gasteiger partial charge < -0.3 is 9.64 Å². The Morgan fingerprint density at radius 1 is 1.27 bits per heavy atom. The highest BCUT2D eigenvalue weighted by Gasteiger charge is 2.41. The summed E-state index contributed by atoms with van der Waals surface area (Å²) in [5, 5.41) is 11.2. The molecule has 2 heterocycles. The number of hydrogen-bond donors (Lipinski definition) is 0. The molecule has 0 amide bonds. The molecular weight excluding hydrogens is 430 g/mol. The molecule has 1 fully saturated rings. The van der Waals surface area contributed by atoms with Crippen LogP contribution in [0, 0.1) is 11.3 Å². The maximum absolute atomic E-state index is 9.38. The Kier molecular flexibility index (Phi) is 6.31. The lowest BCUT2D eigenvalue weighted by Gasteiger charge is -2.44. The number of aromatic nitrogens is 2. The molecule has 5 rings (SSSR count). The smallest absolute Gasteiger partial charge is 0.318 e. The fraction of sp³-hybridized carbons (Fsp3) is 0.500. The maximum Gasteiger partial charge on any atom is 0.318 e. The van der Waals surface area contributed by atoms with E-state index in [2.05, 4.69) is 46.1 Å². The van der Waals surface area contributed by atoms with Gasteiger partial charge in [-0.1, -0.05) is 42.8 Å². The Labute approximate surface area is 200 Å². The van der Waals surface area contributed by atoms with Crippen LogP contribution in [-0.2, 0) is 24.7 Å². The first kappa shape index (κ1) is 22.2. The second-order valence-electron chi connectivity index (χ2n) is 9.30. The molecular formula is C26H31N5OS. The molecule has 2 aliphatic carbocycles. The van der Waals surface area contributed by atoms with Crippen molar-refractivity contribution in [1.82, 2.24) is 14.3 Å². The number of benzene rings is 1. The van der Waals surface area contributed by atoms with E-state index in [0.29, 0.717) is 12.4 Å². The SMILES string of the molecule is C=CSN1CCN(c2nc(OC)nc3c2CCC2(CCCc4ccccc42)C3)CC1CC#N. The number of anilines is 1. The molecule has 2 unspecified atom stereocenters. The van der Waals surface area contributed by atoms with Crippen LogP contribution in [0.15, 0.2) is 36.3 Å². The fourth-order valence-electron chi connectivity index (χ4n) is 6.01. The highest BCUT2D eigenvalue weighted by molar-refractivity contribution is 7.99. The quantitative estimate of drug-likeness (QED) is 0.610. The monoisotopic (exact) mass is 461 g/mol. The third-order valence-electron chi connectivity index (χ3n) is 7.55. The zero-order valence-electron chi connectivity index (χ0n) is 19.3. The molecule has 172 valence electrons. The number of nitrogens with zero attached hydrogens (tertiary/aromatic N) is 5. The van der Waals surface area contributed by atoms with Gasteiger partial charge in [-0.25, -0.2) is 4.31 Å². The number of ether oxygens (including phenoxy) is 1. The van der Waals surface area contributed by atoms with E-state index in [9.17, 15) is 5.26 Å². The predicted octanol–water partition coefficient (Wildman–Crippen LogP) is 4.44. The molecule has 1 aromatic heterocycles. The Morgan fingerprint density at radius 2 is 2.15 bits per heavy atom. The largest absolute Gasteiger partial charge is 0.467 e. The molecule has 0 radical (unpaired) electrons. The molecule has 0 bridgehead atoms. The van der Waals surface area contributed by atoms with Crippen LogP contribution in [0.5, 0.6) is 6.01 Å². The average molecular weight is 462 g/mol. The third-order valence-corrected chi connectivity index (χ3v) is 8.45. The normalized spacial score (nSPS) is 24.6. The van der Waals surface area contributed by atoms with Crippen molar-refractivity contribution in [2.24, 2.45) is 0 Å². The molecule has 0 N–H and O–H groups in total. The van der Waals surface area contributed by atoms with Crippen LogP contribution in [0.3, 0.4) is 0 Å². The first-order valence-electron chi connectivity index (χ1n) is 11.9. The predicted molar refractivity (Wildman–Crippen MR) is 132 cm³/mol. The number of nitriles is 1. The van der Waals surface area contributed by atoms with Crippen LogP contribution in [0.4, 0.5) is 5.82 Å². The van der Waals surface area contributed by atoms with Crippen molar-refractivity contribution in [3.63, 3.8) is 0 Å². The van der Waals surface area contributed by atoms with Crippen LogP contribution < -0.4 is 9.64 Å². The standard InChI is InChI=1S/C26H31N5OS/c1-3-33-31-16-15-30(18-20(31)11-14-27)24-21-10-13-26(17-23(21)28-25(29-24)32-2)12-6-8-19-7-4-5-9-22(19)26/h3-5,7,9,20H,1,6,8,10-13,15-18H2,2H3. The zero-order valence-corrected chi connectivity index (χ0v) is 20.1. The van der Waals surface area contributed by atoms with Gasteiger partial charge in [0.25, 0.3) is 0 Å². The van der Waals surface area contributed by atoms with E-state index in [1.165, 1.54) is 36.0 Å². The summed E-state index contributed by atoms with van der Waals surface area (Å²) in [7, 11) is 1.65. The summed E-state index contributed by atoms with van der Waals surface area (Å²) in [5.74, 6) is 1.00. The summed E-state index contributed by atoms with van der Waals surface area (Å²) in [6, 6.07) is 11.9. The Hall–Kier alpha value is -2.56. The Balaban J connectivity index is 1.49. The topological polar surface area (TPSA) is 65.3 Å². The first-order valence-corrected chi connectivity index (χ1v) is 12.7. The van der Waals surface area contributed by atoms with Crippen molar-refractivity contribution >= 4 is 17.8 Å². The molecule has 2 aromatic rings. The number of rotatable bonds is 5. The van der Waals surface area contributed by atoms with E-state index in [1.54, 1.807) is 19.1 Å². The van der Waals surface area contributed by atoms with Crippen molar-refractivity contribution in [2.45, 2.75) is 56.4 Å². The highest BCUT2D eigenvalue weighted by atomic mass is 32.2. The van der Waals surface area contributed by atoms with E-state index in [4.69, 9.17) is 14.7 Å². The highest BCUT2D eigenvalue weighted by Crippen LogP contribution is 2.47. The molecule has 0 saturated carbocycles. The molecule has 7 heteroatoms. The van der Waals surface area contributed by atoms with Crippen molar-refractivity contribution in [3.8, 4) is 12.1 Å². The van der Waals surface area contributed by atoms with Crippen molar-refractivity contribution in [1.29, 1.82) is 5.26 Å². The lowest BCUT2D eigenvalue weighted by atomic mass is 9.62. The summed E-state index contributed by atoms with van der Waals surface area (Å²) in [6.45, 7) is 6.35. The van der Waals surface area contributed by atoms with Crippen LogP contribution in [-0.4, -0.2) is 47.1 Å². The third kappa shape index (κ3) is 4.11. The average Bonchev–Trinajstić information content (AvgIpc) is 2.85. The second kappa shape index (κ2) is 9.36. The van der Waals surface area contributed by atoms with Gasteiger partial charge in [-0.05, 0) is 55.1 Å². The first-order chi connectivity index (χ1) is 16.2. The van der Waals surface area contributed by atoms with Gasteiger partial charge >= 0.3 is 6.01 Å². The number of hydrogen-bond acceptors (Lipinski definition) is 7. The second-order valence-corrected chi connectivity index (χ2v) is 10.3. The fourth-order valence-corrected chi connectivity index (χ4v) is 6.70. The van der Waals surface area contributed by atoms with Crippen molar-refractivity contribution in [2.75, 3.05) is 31.6 Å². The van der Waals surface area contributed by atoms with Crippen molar-refractivity contribution < 1.29 is 4.74 Å². The van der Waals surface area contributed by atoms with Gasteiger partial charge in [0.15, 0.2) is 0 Å². The zero-order chi connectivity index (χ0) is 22.8. The molecule has 1 aliphatic heterocycles. The van der Waals surface area contributed by atoms with Crippen LogP contribution in [0.2, 0.25) is 0 Å². The number of methoxy groups -OCH3 is 1. The van der Waals surface area contributed by atoms with Crippen molar-refractivity contribution in [3.05, 3.63) is 58.6 Å². The van der Waals surface area contributed by atoms with E-state index in [0.717, 1.165) is 50.4 Å². The molecule has 1 spiro atoms. The molecule has 6 nitrogen and oxygen atoms in total. The lowest BCUT2D eigenvalue weighted by Crippen LogP contribution is -2.51. The van der Waals surface area contributed by atoms with E-state index in [-0.39, 0.29) is 11.5 Å². The minimum atomic E-state index is 0.142. The summed E-state index contributed by atoms with van der Waals surface area (Å²) in [5.41, 5.74) is 5.60. The van der Waals surface area contributed by atoms with E-state index in [1.807, 2.05) is 5.41 Å². The minimum Gasteiger partial charge on any atom is -0.467 e. The Morgan fingerprint density at radius 3 is 2.97 bits per heavy atom. The molecule has 33 heavy (non-hydrogen) atoms. The van der Waals surface area contributed by atoms with Gasteiger partial charge in [0.2, 0.25) is 0 Å². The molecule has 1 saturated heterocycles. The van der Waals surface area contributed by atoms with Gasteiger partial charge in [0.05, 0.1) is 31.3 Å². The van der Waals surface area contributed by atoms with Crippen LogP contribution >= 0.6 is 11.9 Å². The Bertz CT molecular complexity index is 1080. The summed E-state index contributed by atoms with van der Waals surface area (Å²) in [4.78, 5) is 12.1. The summed E-state index contributed by atoms with van der Waals surface area (Å²) < 4.78 is 7.83. The lowest BCUT2D eigenvalue weighted by molar-refractivity contribution is 0.302. The molecule has 2 atom stereocenters. The molecule has 1 aromatic carbocycles. The van der Waals surface area contributed by atoms with Gasteiger partial charge in [-0.15, -0.1) is 0 Å². The maximum atomic E-state index is 9.38. The summed E-state index contributed by atoms with van der Waals surface area (Å²) in [6.07, 6.45) is 7.17. The minimum absolute atomic E-state index is 0.142. The number of fused-ring (bicyclic) bond motifs is 3. The number of aryl methyl sites for hydroxylation is 1. The van der Waals surface area contributed by atoms with Gasteiger partial charge in [0.1, 0.15) is 5.82 Å².